The number of amides is 1. The van der Waals surface area contributed by atoms with E-state index in [2.05, 4.69) is 6.58 Å². The van der Waals surface area contributed by atoms with E-state index in [-0.39, 0.29) is 18.8 Å². The Labute approximate surface area is 99.3 Å². The van der Waals surface area contributed by atoms with Gasteiger partial charge in [0.2, 0.25) is 10.0 Å². The van der Waals surface area contributed by atoms with Crippen molar-refractivity contribution in [1.82, 2.24) is 4.72 Å². The zero-order valence-corrected chi connectivity index (χ0v) is 10.1. The molecule has 0 radical (unpaired) electrons. The van der Waals surface area contributed by atoms with Crippen LogP contribution in [0.4, 0.5) is 4.39 Å². The van der Waals surface area contributed by atoms with Crippen molar-refractivity contribution in [3.63, 3.8) is 0 Å². The molecule has 2 aliphatic rings. The van der Waals surface area contributed by atoms with Gasteiger partial charge in [0.1, 0.15) is 17.0 Å². The Kier molecular flexibility index (Phi) is 2.59. The number of rotatable bonds is 5. The van der Waals surface area contributed by atoms with Crippen LogP contribution in [0.5, 0.6) is 0 Å². The van der Waals surface area contributed by atoms with Crippen LogP contribution in [-0.4, -0.2) is 31.3 Å². The van der Waals surface area contributed by atoms with E-state index >= 15 is 0 Å². The van der Waals surface area contributed by atoms with Crippen molar-refractivity contribution in [2.45, 2.75) is 29.5 Å². The van der Waals surface area contributed by atoms with Crippen molar-refractivity contribution in [3.05, 3.63) is 12.7 Å². The maximum Gasteiger partial charge on any atom is 0.254 e. The summed E-state index contributed by atoms with van der Waals surface area (Å²) < 4.78 is 36.7. The maximum atomic E-state index is 12.7. The Bertz CT molecular complexity index is 472. The molecule has 17 heavy (non-hydrogen) atoms. The zero-order chi connectivity index (χ0) is 12.9. The van der Waals surface area contributed by atoms with Crippen LogP contribution in [0, 0.1) is 5.92 Å². The molecule has 2 saturated carbocycles. The fourth-order valence-corrected chi connectivity index (χ4v) is 3.23. The highest BCUT2D eigenvalue weighted by atomic mass is 32.2. The van der Waals surface area contributed by atoms with Crippen LogP contribution < -0.4 is 10.5 Å². The Hall–Kier alpha value is -0.950. The average Bonchev–Trinajstić information content (AvgIpc) is 3.11. The molecule has 5 nitrogen and oxygen atoms in total. The molecule has 2 fully saturated rings. The van der Waals surface area contributed by atoms with E-state index in [0.29, 0.717) is 6.42 Å². The van der Waals surface area contributed by atoms with Gasteiger partial charge in [-0.25, -0.2) is 12.8 Å². The van der Waals surface area contributed by atoms with Gasteiger partial charge in [0.15, 0.2) is 0 Å². The summed E-state index contributed by atoms with van der Waals surface area (Å²) in [6.07, 6.45) is 2.39. The van der Waals surface area contributed by atoms with Crippen molar-refractivity contribution in [1.29, 1.82) is 0 Å². The Morgan fingerprint density at radius 3 is 2.53 bits per heavy atom. The smallest absolute Gasteiger partial charge is 0.254 e. The SMILES string of the molecule is C=CC1C[C@]1(N)C(=O)NS(=O)(=O)C1(CF)CC1. The van der Waals surface area contributed by atoms with Crippen LogP contribution in [0.25, 0.3) is 0 Å². The van der Waals surface area contributed by atoms with Crippen LogP contribution in [0.15, 0.2) is 12.7 Å². The summed E-state index contributed by atoms with van der Waals surface area (Å²) >= 11 is 0. The zero-order valence-electron chi connectivity index (χ0n) is 9.28. The van der Waals surface area contributed by atoms with Crippen molar-refractivity contribution < 1.29 is 17.6 Å². The normalized spacial score (nSPS) is 33.9. The average molecular weight is 262 g/mol. The lowest BCUT2D eigenvalue weighted by molar-refractivity contribution is -0.121. The lowest BCUT2D eigenvalue weighted by Gasteiger charge is -2.16. The van der Waals surface area contributed by atoms with Gasteiger partial charge in [0.25, 0.3) is 5.91 Å². The number of nitrogens with one attached hydrogen (secondary N) is 1. The third kappa shape index (κ3) is 1.77. The molecule has 0 bridgehead atoms. The quantitative estimate of drug-likeness (QED) is 0.674. The molecule has 0 aromatic rings. The summed E-state index contributed by atoms with van der Waals surface area (Å²) in [5.74, 6) is -0.972. The van der Waals surface area contributed by atoms with Crippen molar-refractivity contribution in [2.24, 2.45) is 11.7 Å². The first-order valence-electron chi connectivity index (χ1n) is 5.35. The Balaban J connectivity index is 2.08. The molecule has 2 aliphatic carbocycles. The van der Waals surface area contributed by atoms with Crippen molar-refractivity contribution >= 4 is 15.9 Å². The topological polar surface area (TPSA) is 89.3 Å². The van der Waals surface area contributed by atoms with Gasteiger partial charge in [-0.05, 0) is 19.3 Å². The van der Waals surface area contributed by atoms with Crippen molar-refractivity contribution in [2.75, 3.05) is 6.67 Å². The van der Waals surface area contributed by atoms with E-state index in [1.165, 1.54) is 6.08 Å². The molecule has 0 spiro atoms. The van der Waals surface area contributed by atoms with Gasteiger partial charge in [-0.15, -0.1) is 6.58 Å². The number of sulfonamides is 1. The van der Waals surface area contributed by atoms with Gasteiger partial charge in [-0.2, -0.15) is 0 Å². The minimum atomic E-state index is -3.96. The van der Waals surface area contributed by atoms with Gasteiger partial charge in [0, 0.05) is 5.92 Å². The van der Waals surface area contributed by atoms with E-state index in [1.807, 2.05) is 4.72 Å². The number of alkyl halides is 1. The lowest BCUT2D eigenvalue weighted by atomic mass is 10.2. The number of carbonyl (C=O) groups is 1. The second-order valence-corrected chi connectivity index (χ2v) is 6.91. The van der Waals surface area contributed by atoms with Gasteiger partial charge < -0.3 is 5.73 Å². The molecular formula is C10H15FN2O3S. The standard InChI is InChI=1S/C10H15FN2O3S/c1-2-7-5-10(7,12)8(14)13-17(15,16)9(6-11)3-4-9/h2,7H,1,3-6,12H2,(H,13,14)/t7?,10-/m1/s1. The summed E-state index contributed by atoms with van der Waals surface area (Å²) in [6, 6.07) is 0. The molecule has 1 amide bonds. The van der Waals surface area contributed by atoms with Gasteiger partial charge >= 0.3 is 0 Å². The van der Waals surface area contributed by atoms with Gasteiger partial charge in [-0.1, -0.05) is 6.08 Å². The molecule has 2 atom stereocenters. The van der Waals surface area contributed by atoms with E-state index < -0.39 is 32.9 Å². The molecule has 3 N–H and O–H groups in total. The predicted molar refractivity (Wildman–Crippen MR) is 60.2 cm³/mol. The second-order valence-electron chi connectivity index (χ2n) is 4.84. The molecule has 0 aliphatic heterocycles. The fraction of sp³-hybridized carbons (Fsp3) is 0.700. The van der Waals surface area contributed by atoms with Crippen LogP contribution in [-0.2, 0) is 14.8 Å². The second kappa shape index (κ2) is 3.52. The van der Waals surface area contributed by atoms with Gasteiger partial charge in [-0.3, -0.25) is 9.52 Å². The molecule has 1 unspecified atom stereocenters. The molecule has 96 valence electrons. The highest BCUT2D eigenvalue weighted by molar-refractivity contribution is 7.91. The van der Waals surface area contributed by atoms with Crippen LogP contribution in [0.2, 0.25) is 0 Å². The molecule has 0 aromatic heterocycles. The third-order valence-electron chi connectivity index (χ3n) is 3.61. The molecular weight excluding hydrogens is 247 g/mol. The Morgan fingerprint density at radius 2 is 2.18 bits per heavy atom. The lowest BCUT2D eigenvalue weighted by Crippen LogP contribution is -2.50. The predicted octanol–water partition coefficient (Wildman–Crippen LogP) is -0.162. The van der Waals surface area contributed by atoms with E-state index in [0.717, 1.165) is 0 Å². The van der Waals surface area contributed by atoms with Crippen LogP contribution in [0.3, 0.4) is 0 Å². The van der Waals surface area contributed by atoms with Crippen LogP contribution >= 0.6 is 0 Å². The van der Waals surface area contributed by atoms with E-state index in [4.69, 9.17) is 5.73 Å². The molecule has 7 heteroatoms. The number of hydrogen-bond donors (Lipinski definition) is 2. The monoisotopic (exact) mass is 262 g/mol. The number of carbonyl (C=O) groups excluding carboxylic acids is 1. The van der Waals surface area contributed by atoms with E-state index in [1.54, 1.807) is 0 Å². The fourth-order valence-electron chi connectivity index (χ4n) is 1.80. The molecule has 2 rings (SSSR count). The number of hydrogen-bond acceptors (Lipinski definition) is 4. The third-order valence-corrected chi connectivity index (χ3v) is 5.73. The highest BCUT2D eigenvalue weighted by Gasteiger charge is 2.60. The number of nitrogens with two attached hydrogens (primary N) is 1. The maximum absolute atomic E-state index is 12.7. The van der Waals surface area contributed by atoms with Crippen LogP contribution in [0.1, 0.15) is 19.3 Å². The summed E-state index contributed by atoms with van der Waals surface area (Å²) in [4.78, 5) is 11.7. The first kappa shape index (κ1) is 12.5. The van der Waals surface area contributed by atoms with E-state index in [9.17, 15) is 17.6 Å². The summed E-state index contributed by atoms with van der Waals surface area (Å²) in [5.41, 5.74) is 4.52. The first-order valence-corrected chi connectivity index (χ1v) is 6.84. The largest absolute Gasteiger partial charge is 0.317 e. The molecule has 0 saturated heterocycles. The summed E-state index contributed by atoms with van der Waals surface area (Å²) in [7, 11) is -3.96. The minimum Gasteiger partial charge on any atom is -0.317 e. The number of halogens is 1. The minimum absolute atomic E-state index is 0.210. The first-order chi connectivity index (χ1) is 7.81. The molecule has 0 heterocycles. The van der Waals surface area contributed by atoms with Crippen molar-refractivity contribution in [3.8, 4) is 0 Å². The summed E-state index contributed by atoms with van der Waals surface area (Å²) in [5, 5.41) is 0. The molecule has 0 aromatic carbocycles. The Morgan fingerprint density at radius 1 is 1.59 bits per heavy atom. The summed E-state index contributed by atoms with van der Waals surface area (Å²) in [6.45, 7) is 2.53. The highest BCUT2D eigenvalue weighted by Crippen LogP contribution is 2.45. The van der Waals surface area contributed by atoms with Gasteiger partial charge in [0.05, 0.1) is 0 Å².